The van der Waals surface area contributed by atoms with E-state index in [0.29, 0.717) is 19.4 Å². The van der Waals surface area contributed by atoms with Gasteiger partial charge in [-0.1, -0.05) is 24.4 Å². The number of aromatic nitrogens is 1. The number of aryl methyl sites for hydroxylation is 1. The fourth-order valence-corrected chi connectivity index (χ4v) is 3.79. The van der Waals surface area contributed by atoms with E-state index in [-0.39, 0.29) is 11.7 Å². The molecule has 3 N–H and O–H groups in total. The molecule has 0 unspecified atom stereocenters. The molecule has 1 aromatic rings. The maximum absolute atomic E-state index is 12.9. The molecule has 2 rings (SSSR count). The highest BCUT2D eigenvalue weighted by Gasteiger charge is 2.45. The van der Waals surface area contributed by atoms with Gasteiger partial charge < -0.3 is 15.8 Å². The van der Waals surface area contributed by atoms with Crippen molar-refractivity contribution < 1.29 is 10.0 Å². The Hall–Kier alpha value is -1.63. The first kappa shape index (κ1) is 15.8. The van der Waals surface area contributed by atoms with Gasteiger partial charge in [-0.3, -0.25) is 4.79 Å². The van der Waals surface area contributed by atoms with Crippen LogP contribution in [-0.2, 0) is 11.3 Å². The van der Waals surface area contributed by atoms with Gasteiger partial charge in [-0.05, 0) is 19.8 Å². The summed E-state index contributed by atoms with van der Waals surface area (Å²) >= 11 is 1.54. The average Bonchev–Trinajstić information content (AvgIpc) is 2.91. The molecular formula is C14H22N4O2S. The van der Waals surface area contributed by atoms with Gasteiger partial charge in [-0.25, -0.2) is 4.98 Å². The minimum atomic E-state index is -0.847. The summed E-state index contributed by atoms with van der Waals surface area (Å²) in [6.45, 7) is 2.44. The van der Waals surface area contributed by atoms with Crippen LogP contribution in [0.15, 0.2) is 10.7 Å². The summed E-state index contributed by atoms with van der Waals surface area (Å²) in [4.78, 5) is 19.8. The molecule has 1 heterocycles. The molecule has 116 valence electrons. The van der Waals surface area contributed by atoms with Crippen molar-refractivity contribution >= 4 is 23.1 Å². The van der Waals surface area contributed by atoms with Crippen molar-refractivity contribution in [2.45, 2.75) is 45.6 Å². The molecular weight excluding hydrogens is 288 g/mol. The fraction of sp³-hybridized carbons (Fsp3) is 0.643. The lowest BCUT2D eigenvalue weighted by Gasteiger charge is -2.37. The first-order valence-corrected chi connectivity index (χ1v) is 8.02. The third-order valence-corrected chi connectivity index (χ3v) is 5.21. The Morgan fingerprint density at radius 2 is 2.19 bits per heavy atom. The van der Waals surface area contributed by atoms with E-state index in [4.69, 9.17) is 10.9 Å². The molecule has 0 aromatic carbocycles. The molecule has 6 nitrogen and oxygen atoms in total. The number of carbonyl (C=O) groups is 1. The maximum atomic E-state index is 12.9. The Morgan fingerprint density at radius 3 is 2.71 bits per heavy atom. The monoisotopic (exact) mass is 310 g/mol. The van der Waals surface area contributed by atoms with Gasteiger partial charge in [0.1, 0.15) is 5.41 Å². The van der Waals surface area contributed by atoms with Gasteiger partial charge in [-0.15, -0.1) is 11.3 Å². The molecule has 21 heavy (non-hydrogen) atoms. The summed E-state index contributed by atoms with van der Waals surface area (Å²) in [7, 11) is 1.77. The molecule has 1 amide bonds. The zero-order valence-electron chi connectivity index (χ0n) is 12.5. The number of oxime groups is 1. The lowest BCUT2D eigenvalue weighted by Crippen LogP contribution is -2.51. The fourth-order valence-electron chi connectivity index (χ4n) is 2.96. The Balaban J connectivity index is 2.20. The van der Waals surface area contributed by atoms with Crippen LogP contribution in [0.4, 0.5) is 0 Å². The smallest absolute Gasteiger partial charge is 0.236 e. The van der Waals surface area contributed by atoms with Crippen LogP contribution in [0.2, 0.25) is 0 Å². The molecule has 0 saturated heterocycles. The average molecular weight is 310 g/mol. The van der Waals surface area contributed by atoms with E-state index in [2.05, 4.69) is 10.1 Å². The Labute approximate surface area is 128 Å². The standard InChI is InChI=1S/C14H22N4O2S/c1-10-11(21-9-16-10)8-18(2)13(19)14(12(15)17-20)6-4-3-5-7-14/h9,20H,3-8H2,1-2H3,(H2,15,17). The quantitative estimate of drug-likeness (QED) is 0.385. The van der Waals surface area contributed by atoms with E-state index < -0.39 is 5.41 Å². The number of carbonyl (C=O) groups excluding carboxylic acids is 1. The highest BCUT2D eigenvalue weighted by molar-refractivity contribution is 7.09. The summed E-state index contributed by atoms with van der Waals surface area (Å²) in [5.74, 6) is -0.0228. The summed E-state index contributed by atoms with van der Waals surface area (Å²) in [5, 5.41) is 12.2. The summed E-state index contributed by atoms with van der Waals surface area (Å²) in [6.07, 6.45) is 4.23. The number of amidine groups is 1. The predicted molar refractivity (Wildman–Crippen MR) is 82.3 cm³/mol. The number of hydrogen-bond donors (Lipinski definition) is 2. The summed E-state index contributed by atoms with van der Waals surface area (Å²) < 4.78 is 0. The molecule has 7 heteroatoms. The number of thiazole rings is 1. The molecule has 0 aliphatic heterocycles. The molecule has 1 aliphatic rings. The van der Waals surface area contributed by atoms with E-state index in [1.54, 1.807) is 17.5 Å². The molecule has 1 aromatic heterocycles. The van der Waals surface area contributed by atoms with Crippen LogP contribution in [0.25, 0.3) is 0 Å². The zero-order valence-corrected chi connectivity index (χ0v) is 13.3. The van der Waals surface area contributed by atoms with Crippen LogP contribution < -0.4 is 5.73 Å². The van der Waals surface area contributed by atoms with Crippen molar-refractivity contribution in [1.29, 1.82) is 0 Å². The van der Waals surface area contributed by atoms with Gasteiger partial charge in [0, 0.05) is 11.9 Å². The molecule has 1 saturated carbocycles. The lowest BCUT2D eigenvalue weighted by molar-refractivity contribution is -0.139. The lowest BCUT2D eigenvalue weighted by atomic mass is 9.72. The second kappa shape index (κ2) is 6.43. The molecule has 0 spiro atoms. The topological polar surface area (TPSA) is 91.8 Å². The summed E-state index contributed by atoms with van der Waals surface area (Å²) in [5.41, 5.74) is 7.75. The van der Waals surface area contributed by atoms with E-state index in [1.165, 1.54) is 11.3 Å². The number of hydrogen-bond acceptors (Lipinski definition) is 5. The van der Waals surface area contributed by atoms with Crippen LogP contribution in [0.5, 0.6) is 0 Å². The van der Waals surface area contributed by atoms with Crippen molar-refractivity contribution in [3.05, 3.63) is 16.1 Å². The Bertz CT molecular complexity index is 535. The van der Waals surface area contributed by atoms with E-state index in [1.807, 2.05) is 6.92 Å². The van der Waals surface area contributed by atoms with Gasteiger partial charge in [-0.2, -0.15) is 0 Å². The molecule has 0 atom stereocenters. The van der Waals surface area contributed by atoms with E-state index in [0.717, 1.165) is 29.8 Å². The number of rotatable bonds is 4. The highest BCUT2D eigenvalue weighted by atomic mass is 32.1. The molecule has 0 radical (unpaired) electrons. The number of amides is 1. The van der Waals surface area contributed by atoms with E-state index in [9.17, 15) is 4.79 Å². The van der Waals surface area contributed by atoms with Crippen LogP contribution in [0, 0.1) is 12.3 Å². The third kappa shape index (κ3) is 3.02. The van der Waals surface area contributed by atoms with Crippen LogP contribution in [-0.4, -0.2) is 33.9 Å². The van der Waals surface area contributed by atoms with Crippen LogP contribution in [0.1, 0.15) is 42.7 Å². The van der Waals surface area contributed by atoms with Crippen molar-refractivity contribution in [2.75, 3.05) is 7.05 Å². The zero-order chi connectivity index (χ0) is 15.5. The SMILES string of the molecule is Cc1ncsc1CN(C)C(=O)C1(C(N)=NO)CCCCC1. The largest absolute Gasteiger partial charge is 0.409 e. The van der Waals surface area contributed by atoms with E-state index >= 15 is 0 Å². The summed E-state index contributed by atoms with van der Waals surface area (Å²) in [6, 6.07) is 0. The van der Waals surface area contributed by atoms with Crippen molar-refractivity contribution in [3.8, 4) is 0 Å². The van der Waals surface area contributed by atoms with Gasteiger partial charge in [0.15, 0.2) is 5.84 Å². The Kier molecular flexibility index (Phi) is 4.82. The number of nitrogens with two attached hydrogens (primary N) is 1. The second-order valence-corrected chi connectivity index (χ2v) is 6.59. The van der Waals surface area contributed by atoms with Crippen molar-refractivity contribution in [3.63, 3.8) is 0 Å². The molecule has 1 fully saturated rings. The normalized spacial score (nSPS) is 18.5. The van der Waals surface area contributed by atoms with Gasteiger partial charge in [0.05, 0.1) is 17.7 Å². The number of nitrogens with zero attached hydrogens (tertiary/aromatic N) is 3. The first-order valence-electron chi connectivity index (χ1n) is 7.14. The maximum Gasteiger partial charge on any atom is 0.236 e. The van der Waals surface area contributed by atoms with Gasteiger partial charge >= 0.3 is 0 Å². The molecule has 1 aliphatic carbocycles. The van der Waals surface area contributed by atoms with Crippen molar-refractivity contribution in [2.24, 2.45) is 16.3 Å². The Morgan fingerprint density at radius 1 is 1.52 bits per heavy atom. The third-order valence-electron chi connectivity index (χ3n) is 4.29. The minimum absolute atomic E-state index is 0.0417. The van der Waals surface area contributed by atoms with Gasteiger partial charge in [0.2, 0.25) is 5.91 Å². The predicted octanol–water partition coefficient (Wildman–Crippen LogP) is 2.11. The van der Waals surface area contributed by atoms with Crippen LogP contribution in [0.3, 0.4) is 0 Å². The van der Waals surface area contributed by atoms with Gasteiger partial charge in [0.25, 0.3) is 0 Å². The van der Waals surface area contributed by atoms with Crippen LogP contribution >= 0.6 is 11.3 Å². The van der Waals surface area contributed by atoms with Crippen molar-refractivity contribution in [1.82, 2.24) is 9.88 Å². The second-order valence-electron chi connectivity index (χ2n) is 5.65. The first-order chi connectivity index (χ1) is 10.0. The minimum Gasteiger partial charge on any atom is -0.409 e. The molecule has 0 bridgehead atoms. The highest BCUT2D eigenvalue weighted by Crippen LogP contribution is 2.38.